The molecule has 1 unspecified atom stereocenters. The van der Waals surface area contributed by atoms with Crippen molar-refractivity contribution in [2.75, 3.05) is 13.2 Å². The van der Waals surface area contributed by atoms with E-state index >= 15 is 0 Å². The van der Waals surface area contributed by atoms with Gasteiger partial charge in [0.15, 0.2) is 6.10 Å². The number of hydrogen-bond donors (Lipinski definition) is 0. The van der Waals surface area contributed by atoms with Gasteiger partial charge in [0, 0.05) is 19.3 Å². The first kappa shape index (κ1) is 77.3. The third-order valence-corrected chi connectivity index (χ3v) is 15.0. The van der Waals surface area contributed by atoms with E-state index in [0.29, 0.717) is 19.3 Å². The zero-order valence-electron chi connectivity index (χ0n) is 53.5. The van der Waals surface area contributed by atoms with Crippen LogP contribution >= 0.6 is 0 Å². The van der Waals surface area contributed by atoms with Crippen molar-refractivity contribution in [2.24, 2.45) is 0 Å². The quantitative estimate of drug-likeness (QED) is 0.0261. The fraction of sp³-hybridized carbons (Fsp3) is 0.747. The van der Waals surface area contributed by atoms with Gasteiger partial charge in [-0.1, -0.05) is 298 Å². The molecule has 81 heavy (non-hydrogen) atoms. The number of hydrogen-bond acceptors (Lipinski definition) is 6. The molecule has 0 aliphatic heterocycles. The molecule has 0 radical (unpaired) electrons. The standard InChI is InChI=1S/C75H130O6/c1-4-7-10-13-16-19-22-25-28-30-32-34-35-36-37-38-39-41-42-44-47-50-53-56-59-62-65-68-74(77)80-71-72(70-79-73(76)67-64-61-58-55-52-49-46-27-24-21-18-15-12-9-6-3)81-75(78)69-66-63-60-57-54-51-48-45-43-40-33-31-29-26-23-20-17-14-11-8-5-2/h9,12,18,21-23,25-27,30-33,43,45-46,72H,4-8,10-11,13-17,19-20,24,28-29,34-42,44,47-71H2,1-3H3/b12-9-,21-18-,25-22-,26-23-,32-30-,33-31-,45-43-,46-27-. The summed E-state index contributed by atoms with van der Waals surface area (Å²) in [4.78, 5) is 38.4. The number of ether oxygens (including phenoxy) is 3. The maximum absolute atomic E-state index is 12.9. The summed E-state index contributed by atoms with van der Waals surface area (Å²) in [6.45, 7) is 6.52. The fourth-order valence-corrected chi connectivity index (χ4v) is 9.85. The number of unbranched alkanes of at least 4 members (excludes halogenated alkanes) is 36. The maximum Gasteiger partial charge on any atom is 0.306 e. The zero-order chi connectivity index (χ0) is 58.5. The van der Waals surface area contributed by atoms with Crippen LogP contribution in [0.2, 0.25) is 0 Å². The minimum Gasteiger partial charge on any atom is -0.462 e. The van der Waals surface area contributed by atoms with Crippen LogP contribution in [0.3, 0.4) is 0 Å². The Kier molecular flexibility index (Phi) is 65.7. The lowest BCUT2D eigenvalue weighted by Crippen LogP contribution is -2.30. The smallest absolute Gasteiger partial charge is 0.306 e. The molecule has 466 valence electrons. The van der Waals surface area contributed by atoms with Crippen molar-refractivity contribution in [3.63, 3.8) is 0 Å². The third-order valence-electron chi connectivity index (χ3n) is 15.0. The predicted molar refractivity (Wildman–Crippen MR) is 353 cm³/mol. The summed E-state index contributed by atoms with van der Waals surface area (Å²) in [7, 11) is 0. The Morgan fingerprint density at radius 3 is 0.753 bits per heavy atom. The highest BCUT2D eigenvalue weighted by Gasteiger charge is 2.19. The van der Waals surface area contributed by atoms with Crippen LogP contribution in [0.25, 0.3) is 0 Å². The summed E-state index contributed by atoms with van der Waals surface area (Å²) in [5.41, 5.74) is 0. The van der Waals surface area contributed by atoms with Crippen molar-refractivity contribution in [3.8, 4) is 0 Å². The van der Waals surface area contributed by atoms with Crippen molar-refractivity contribution in [2.45, 2.75) is 348 Å². The fourth-order valence-electron chi connectivity index (χ4n) is 9.85. The van der Waals surface area contributed by atoms with Gasteiger partial charge in [-0.2, -0.15) is 0 Å². The van der Waals surface area contributed by atoms with Crippen molar-refractivity contribution in [3.05, 3.63) is 97.2 Å². The molecule has 0 aliphatic carbocycles. The average molecular weight is 1130 g/mol. The van der Waals surface area contributed by atoms with E-state index in [9.17, 15) is 14.4 Å². The molecule has 6 nitrogen and oxygen atoms in total. The van der Waals surface area contributed by atoms with Crippen LogP contribution in [-0.2, 0) is 28.6 Å². The molecule has 0 aliphatic rings. The molecule has 0 N–H and O–H groups in total. The molecular weight excluding hydrogens is 997 g/mol. The summed E-state index contributed by atoms with van der Waals surface area (Å²) in [5.74, 6) is -0.904. The lowest BCUT2D eigenvalue weighted by atomic mass is 10.0. The Morgan fingerprint density at radius 2 is 0.481 bits per heavy atom. The first-order valence-electron chi connectivity index (χ1n) is 34.7. The lowest BCUT2D eigenvalue weighted by molar-refractivity contribution is -0.167. The Balaban J connectivity index is 4.33. The Labute approximate surface area is 502 Å². The second kappa shape index (κ2) is 68.8. The summed E-state index contributed by atoms with van der Waals surface area (Å²) in [5, 5.41) is 0. The summed E-state index contributed by atoms with van der Waals surface area (Å²) >= 11 is 0. The van der Waals surface area contributed by atoms with Crippen molar-refractivity contribution < 1.29 is 28.6 Å². The third kappa shape index (κ3) is 67.0. The number of carbonyl (C=O) groups excluding carboxylic acids is 3. The van der Waals surface area contributed by atoms with Crippen LogP contribution in [0, 0.1) is 0 Å². The molecule has 6 heteroatoms. The van der Waals surface area contributed by atoms with Crippen LogP contribution in [-0.4, -0.2) is 37.2 Å². The molecule has 0 amide bonds. The van der Waals surface area contributed by atoms with Gasteiger partial charge in [0.05, 0.1) is 0 Å². The number of esters is 3. The maximum atomic E-state index is 12.9. The van der Waals surface area contributed by atoms with E-state index < -0.39 is 6.10 Å². The van der Waals surface area contributed by atoms with Crippen LogP contribution in [0.4, 0.5) is 0 Å². The predicted octanol–water partition coefficient (Wildman–Crippen LogP) is 24.0. The average Bonchev–Trinajstić information content (AvgIpc) is 3.47. The minimum absolute atomic E-state index is 0.0874. The van der Waals surface area contributed by atoms with Crippen LogP contribution in [0.1, 0.15) is 342 Å². The molecule has 0 saturated carbocycles. The first-order valence-corrected chi connectivity index (χ1v) is 34.7. The highest BCUT2D eigenvalue weighted by molar-refractivity contribution is 5.71. The van der Waals surface area contributed by atoms with Gasteiger partial charge in [-0.15, -0.1) is 0 Å². The Hall–Kier alpha value is -3.67. The van der Waals surface area contributed by atoms with E-state index in [2.05, 4.69) is 118 Å². The van der Waals surface area contributed by atoms with E-state index in [1.807, 2.05) is 0 Å². The molecule has 0 aromatic carbocycles. The number of carbonyl (C=O) groups is 3. The van der Waals surface area contributed by atoms with Crippen molar-refractivity contribution in [1.29, 1.82) is 0 Å². The van der Waals surface area contributed by atoms with Gasteiger partial charge in [0.25, 0.3) is 0 Å². The van der Waals surface area contributed by atoms with Gasteiger partial charge in [-0.25, -0.2) is 0 Å². The molecular formula is C75H130O6. The zero-order valence-corrected chi connectivity index (χ0v) is 53.5. The van der Waals surface area contributed by atoms with Crippen LogP contribution < -0.4 is 0 Å². The van der Waals surface area contributed by atoms with Gasteiger partial charge in [-0.05, 0) is 122 Å². The highest BCUT2D eigenvalue weighted by atomic mass is 16.6. The highest BCUT2D eigenvalue weighted by Crippen LogP contribution is 2.17. The number of rotatable bonds is 63. The molecule has 1 atom stereocenters. The minimum atomic E-state index is -0.794. The summed E-state index contributed by atoms with van der Waals surface area (Å²) in [6, 6.07) is 0. The molecule has 0 fully saturated rings. The van der Waals surface area contributed by atoms with E-state index in [1.54, 1.807) is 0 Å². The summed E-state index contributed by atoms with van der Waals surface area (Å²) < 4.78 is 17.0. The lowest BCUT2D eigenvalue weighted by Gasteiger charge is -2.18. The largest absolute Gasteiger partial charge is 0.462 e. The number of allylic oxidation sites excluding steroid dienone is 16. The normalized spacial score (nSPS) is 12.7. The second-order valence-corrected chi connectivity index (χ2v) is 23.1. The van der Waals surface area contributed by atoms with Gasteiger partial charge in [0.2, 0.25) is 0 Å². The molecule has 0 spiro atoms. The molecule has 0 aromatic rings. The van der Waals surface area contributed by atoms with Gasteiger partial charge in [0.1, 0.15) is 13.2 Å². The monoisotopic (exact) mass is 1130 g/mol. The van der Waals surface area contributed by atoms with Gasteiger partial charge in [-0.3, -0.25) is 14.4 Å². The molecule has 0 bridgehead atoms. The van der Waals surface area contributed by atoms with Gasteiger partial charge < -0.3 is 14.2 Å². The molecule has 0 saturated heterocycles. The summed E-state index contributed by atoms with van der Waals surface area (Å²) in [6.07, 6.45) is 92.8. The Morgan fingerprint density at radius 1 is 0.259 bits per heavy atom. The van der Waals surface area contributed by atoms with Crippen LogP contribution in [0.15, 0.2) is 97.2 Å². The van der Waals surface area contributed by atoms with Crippen LogP contribution in [0.5, 0.6) is 0 Å². The van der Waals surface area contributed by atoms with Crippen molar-refractivity contribution in [1.82, 2.24) is 0 Å². The van der Waals surface area contributed by atoms with E-state index in [-0.39, 0.29) is 31.1 Å². The van der Waals surface area contributed by atoms with E-state index in [4.69, 9.17) is 14.2 Å². The molecule has 0 rings (SSSR count). The van der Waals surface area contributed by atoms with E-state index in [1.165, 1.54) is 173 Å². The van der Waals surface area contributed by atoms with E-state index in [0.717, 1.165) is 128 Å². The molecule has 0 heterocycles. The van der Waals surface area contributed by atoms with Crippen molar-refractivity contribution >= 4 is 17.9 Å². The second-order valence-electron chi connectivity index (χ2n) is 23.1. The Bertz CT molecular complexity index is 1580. The molecule has 0 aromatic heterocycles. The SMILES string of the molecule is CC/C=C\C/C=C\C/C=C\CCCCCCCC(=O)OCC(COC(=O)CCCCCCCCCCCCCCCCC/C=C\C/C=C\CCCCCCC)OC(=O)CCCCCCCC/C=C\C/C=C\C/C=C\CCCCCCC. The van der Waals surface area contributed by atoms with Gasteiger partial charge >= 0.3 is 17.9 Å². The first-order chi connectivity index (χ1) is 40.0. The topological polar surface area (TPSA) is 78.9 Å².